The third-order valence-electron chi connectivity index (χ3n) is 14.9. The Morgan fingerprint density at radius 3 is 2.23 bits per heavy atom. The summed E-state index contributed by atoms with van der Waals surface area (Å²) in [5.41, 5.74) is 1.55. The molecular weight excluding hydrogens is 815 g/mol. The van der Waals surface area contributed by atoms with Crippen molar-refractivity contribution in [1.82, 2.24) is 4.90 Å². The van der Waals surface area contributed by atoms with Gasteiger partial charge in [0.15, 0.2) is 5.78 Å². The smallest absolute Gasteiger partial charge is 0.329 e. The van der Waals surface area contributed by atoms with Gasteiger partial charge in [0.05, 0.1) is 18.3 Å². The number of hydrogen-bond donors (Lipinski definition) is 2. The molecule has 4 rings (SSSR count). The van der Waals surface area contributed by atoms with Crippen molar-refractivity contribution in [2.24, 2.45) is 41.4 Å². The van der Waals surface area contributed by atoms with Crippen LogP contribution in [0, 0.1) is 41.4 Å². The molecule has 1 amide bonds. The molecule has 362 valence electrons. The van der Waals surface area contributed by atoms with Crippen molar-refractivity contribution in [2.45, 2.75) is 187 Å². The minimum atomic E-state index is -2.36. The molecule has 0 spiro atoms. The van der Waals surface area contributed by atoms with Crippen molar-refractivity contribution < 1.29 is 53.1 Å². The second kappa shape index (κ2) is 25.2. The second-order valence-corrected chi connectivity index (χ2v) is 20.1. The highest BCUT2D eigenvalue weighted by atomic mass is 16.6. The molecule has 1 saturated carbocycles. The molecule has 1 aliphatic carbocycles. The van der Waals surface area contributed by atoms with Crippen LogP contribution < -0.4 is 0 Å². The maximum Gasteiger partial charge on any atom is 0.329 e. The lowest BCUT2D eigenvalue weighted by Gasteiger charge is -2.42. The Morgan fingerprint density at radius 2 is 1.55 bits per heavy atom. The number of nitrogens with zero attached hydrogens (tertiary/aromatic N) is 1. The number of esters is 1. The van der Waals surface area contributed by atoms with Gasteiger partial charge >= 0.3 is 5.97 Å². The molecule has 2 N–H and O–H groups in total. The standard InChI is InChI=1S/C52H83NO11/c1-32-17-13-12-14-18-34(3)45(61-10)31-41-24-22-39(8)52(59,64-41)49(56)50(57)53-26-16-15-19-42(53)51(58)63-43(36(5)29-40-23-21-35(4)44(30-40)60-9)25-20-33(2)28-38(7)47(55)48(62-11)46(54)37(6)27-32/h12-14,17-18,28,32-33,35-37,39-45,47-48,55,59H,15-16,19-27,29-31H2,1-11H3/b14-12+,17-13+,34-18+,38-28+/t32-,33+,35+,36-,37-,39-,40+,41+,42+,43+,44-,45+,47-,48+,52-/m1/s1. The predicted molar refractivity (Wildman–Crippen MR) is 248 cm³/mol. The number of methoxy groups -OCH3 is 3. The van der Waals surface area contributed by atoms with E-state index in [4.69, 9.17) is 23.7 Å². The van der Waals surface area contributed by atoms with Crippen LogP contribution in [0.5, 0.6) is 0 Å². The van der Waals surface area contributed by atoms with Gasteiger partial charge in [-0.1, -0.05) is 78.0 Å². The lowest BCUT2D eigenvalue weighted by Crippen LogP contribution is -2.61. The Balaban J connectivity index is 1.67. The van der Waals surface area contributed by atoms with E-state index in [-0.39, 0.29) is 48.2 Å². The number of allylic oxidation sites excluding steroid dienone is 6. The van der Waals surface area contributed by atoms with E-state index in [2.05, 4.69) is 20.8 Å². The Kier molecular flexibility index (Phi) is 21.1. The fraction of sp³-hybridized carbons (Fsp3) is 0.769. The molecular formula is C52H83NO11. The number of ether oxygens (including phenoxy) is 5. The average Bonchev–Trinajstić information content (AvgIpc) is 3.27. The summed E-state index contributed by atoms with van der Waals surface area (Å²) in [5.74, 6) is -5.18. The van der Waals surface area contributed by atoms with Crippen molar-refractivity contribution >= 4 is 23.4 Å². The SMILES string of the molecule is CO[C@H]1C[C@@H]2CC[C@@H](C)[C@@](O)(O2)C(=O)C(=O)N2CCCC[C@H]2C(=O)O[C@H]([C@H](C)C[C@@H]2CC[C@H](C)[C@H](OC)C2)CC[C@H](C)/C=C(\C)[C@@H](O)[C@@H](OC)C(=O)[C@H](C)C[C@H](C)/C=C/C=C/C=C/1C. The van der Waals surface area contributed by atoms with Crippen LogP contribution >= 0.6 is 0 Å². The largest absolute Gasteiger partial charge is 0.461 e. The van der Waals surface area contributed by atoms with E-state index < -0.39 is 59.8 Å². The van der Waals surface area contributed by atoms with Gasteiger partial charge in [0.1, 0.15) is 24.4 Å². The number of fused-ring (bicyclic) bond motifs is 3. The van der Waals surface area contributed by atoms with E-state index in [9.17, 15) is 29.4 Å². The van der Waals surface area contributed by atoms with Crippen LogP contribution in [0.2, 0.25) is 0 Å². The molecule has 4 aliphatic rings. The Labute approximate surface area is 384 Å². The quantitative estimate of drug-likeness (QED) is 0.150. The van der Waals surface area contributed by atoms with Crippen LogP contribution in [0.25, 0.3) is 0 Å². The van der Waals surface area contributed by atoms with Gasteiger partial charge in [0.25, 0.3) is 11.7 Å². The summed E-state index contributed by atoms with van der Waals surface area (Å²) in [6, 6.07) is -0.986. The topological polar surface area (TPSA) is 158 Å². The number of carbonyl (C=O) groups excluding carboxylic acids is 4. The van der Waals surface area contributed by atoms with Crippen LogP contribution in [0.4, 0.5) is 0 Å². The highest BCUT2D eigenvalue weighted by Crippen LogP contribution is 2.38. The summed E-state index contributed by atoms with van der Waals surface area (Å²) in [7, 11) is 4.83. The third-order valence-corrected chi connectivity index (χ3v) is 14.9. The fourth-order valence-corrected chi connectivity index (χ4v) is 10.5. The lowest BCUT2D eigenvalue weighted by molar-refractivity contribution is -0.265. The zero-order valence-corrected chi connectivity index (χ0v) is 41.0. The van der Waals surface area contributed by atoms with Gasteiger partial charge in [0.2, 0.25) is 5.79 Å². The lowest BCUT2D eigenvalue weighted by atomic mass is 9.76. The molecule has 12 nitrogen and oxygen atoms in total. The van der Waals surface area contributed by atoms with Crippen LogP contribution in [-0.4, -0.2) is 115 Å². The number of amides is 1. The Morgan fingerprint density at radius 1 is 0.812 bits per heavy atom. The van der Waals surface area contributed by atoms with Crippen LogP contribution in [0.3, 0.4) is 0 Å². The first kappa shape index (κ1) is 53.6. The van der Waals surface area contributed by atoms with E-state index >= 15 is 0 Å². The van der Waals surface area contributed by atoms with E-state index in [0.29, 0.717) is 75.2 Å². The summed E-state index contributed by atoms with van der Waals surface area (Å²) in [5, 5.41) is 23.4. The van der Waals surface area contributed by atoms with Crippen molar-refractivity contribution in [3.63, 3.8) is 0 Å². The number of aliphatic hydroxyl groups excluding tert-OH is 1. The number of piperidine rings is 1. The normalized spacial score (nSPS) is 40.8. The third kappa shape index (κ3) is 14.3. The van der Waals surface area contributed by atoms with Gasteiger partial charge in [-0.2, -0.15) is 0 Å². The Bertz CT molecular complexity index is 1670. The molecule has 15 atom stereocenters. The fourth-order valence-electron chi connectivity index (χ4n) is 10.5. The van der Waals surface area contributed by atoms with Crippen molar-refractivity contribution in [3.05, 3.63) is 47.6 Å². The first-order chi connectivity index (χ1) is 30.3. The molecule has 0 aromatic carbocycles. The number of hydrogen-bond acceptors (Lipinski definition) is 11. The van der Waals surface area contributed by atoms with Crippen LogP contribution in [0.15, 0.2) is 47.6 Å². The van der Waals surface area contributed by atoms with E-state index in [1.165, 1.54) is 12.0 Å². The van der Waals surface area contributed by atoms with Gasteiger partial charge in [-0.25, -0.2) is 4.79 Å². The molecule has 0 radical (unpaired) electrons. The second-order valence-electron chi connectivity index (χ2n) is 20.1. The van der Waals surface area contributed by atoms with Crippen LogP contribution in [0.1, 0.15) is 139 Å². The molecule has 3 aliphatic heterocycles. The number of Topliss-reactive ketones (excluding diaryl/α,β-unsaturated/α-hetero) is 2. The number of carbonyl (C=O) groups is 4. The molecule has 3 heterocycles. The van der Waals surface area contributed by atoms with Gasteiger partial charge in [-0.3, -0.25) is 14.4 Å². The van der Waals surface area contributed by atoms with E-state index in [0.717, 1.165) is 31.3 Å². The van der Waals surface area contributed by atoms with E-state index in [1.54, 1.807) is 21.1 Å². The maximum absolute atomic E-state index is 14.4. The average molecular weight is 898 g/mol. The summed E-state index contributed by atoms with van der Waals surface area (Å²) in [4.78, 5) is 57.9. The van der Waals surface area contributed by atoms with Crippen molar-refractivity contribution in [2.75, 3.05) is 27.9 Å². The summed E-state index contributed by atoms with van der Waals surface area (Å²) in [6.45, 7) is 16.0. The number of rotatable bonds is 6. The van der Waals surface area contributed by atoms with Crippen molar-refractivity contribution in [3.8, 4) is 0 Å². The van der Waals surface area contributed by atoms with Gasteiger partial charge in [-0.15, -0.1) is 0 Å². The number of ketones is 2. The molecule has 64 heavy (non-hydrogen) atoms. The highest BCUT2D eigenvalue weighted by molar-refractivity contribution is 6.39. The van der Waals surface area contributed by atoms with Gasteiger partial charge < -0.3 is 38.8 Å². The first-order valence-corrected chi connectivity index (χ1v) is 24.3. The molecule has 0 aromatic heterocycles. The number of cyclic esters (lactones) is 1. The first-order valence-electron chi connectivity index (χ1n) is 24.3. The van der Waals surface area contributed by atoms with Crippen molar-refractivity contribution in [1.29, 1.82) is 0 Å². The van der Waals surface area contributed by atoms with Gasteiger partial charge in [0, 0.05) is 46.1 Å². The minimum absolute atomic E-state index is 0.0183. The molecule has 2 saturated heterocycles. The van der Waals surface area contributed by atoms with Crippen LogP contribution in [-0.2, 0) is 42.9 Å². The summed E-state index contributed by atoms with van der Waals surface area (Å²) < 4.78 is 30.0. The van der Waals surface area contributed by atoms with E-state index in [1.807, 2.05) is 64.2 Å². The minimum Gasteiger partial charge on any atom is -0.461 e. The molecule has 3 fully saturated rings. The molecule has 0 unspecified atom stereocenters. The summed E-state index contributed by atoms with van der Waals surface area (Å²) in [6.07, 6.45) is 17.0. The monoisotopic (exact) mass is 898 g/mol. The zero-order valence-electron chi connectivity index (χ0n) is 41.0. The highest BCUT2D eigenvalue weighted by Gasteiger charge is 2.53. The number of aliphatic hydroxyl groups is 2. The summed E-state index contributed by atoms with van der Waals surface area (Å²) >= 11 is 0. The molecule has 12 heteroatoms. The Hall–Kier alpha value is -3.00. The molecule has 0 aromatic rings. The van der Waals surface area contributed by atoms with Gasteiger partial charge in [-0.05, 0) is 132 Å². The predicted octanol–water partition coefficient (Wildman–Crippen LogP) is 8.28. The zero-order chi connectivity index (χ0) is 47.3. The maximum atomic E-state index is 14.4. The molecule has 2 bridgehead atoms.